The molecule has 0 atom stereocenters. The molecular formula is C15H19N3. The van der Waals surface area contributed by atoms with E-state index >= 15 is 0 Å². The van der Waals surface area contributed by atoms with Crippen LogP contribution in [0.5, 0.6) is 0 Å². The Labute approximate surface area is 108 Å². The predicted molar refractivity (Wildman–Crippen MR) is 74.5 cm³/mol. The first-order chi connectivity index (χ1) is 8.75. The SMILES string of the molecule is CC(C)c1cncn1-c1ccc2c(c1)NCCC2. The molecule has 0 aliphatic carbocycles. The molecule has 94 valence electrons. The van der Waals surface area contributed by atoms with Crippen molar-refractivity contribution in [2.24, 2.45) is 0 Å². The van der Waals surface area contributed by atoms with E-state index in [0.29, 0.717) is 5.92 Å². The molecule has 0 unspecified atom stereocenters. The number of fused-ring (bicyclic) bond motifs is 1. The highest BCUT2D eigenvalue weighted by molar-refractivity contribution is 5.58. The minimum atomic E-state index is 0.483. The van der Waals surface area contributed by atoms with E-state index in [2.05, 4.69) is 46.9 Å². The molecule has 0 saturated heterocycles. The molecule has 18 heavy (non-hydrogen) atoms. The van der Waals surface area contributed by atoms with Crippen molar-refractivity contribution < 1.29 is 0 Å². The summed E-state index contributed by atoms with van der Waals surface area (Å²) in [6.45, 7) is 5.48. The highest BCUT2D eigenvalue weighted by Crippen LogP contribution is 2.26. The summed E-state index contributed by atoms with van der Waals surface area (Å²) in [7, 11) is 0. The molecule has 1 aliphatic rings. The van der Waals surface area contributed by atoms with Crippen LogP contribution in [0, 0.1) is 0 Å². The lowest BCUT2D eigenvalue weighted by Crippen LogP contribution is -2.12. The van der Waals surface area contributed by atoms with Crippen molar-refractivity contribution in [1.82, 2.24) is 9.55 Å². The van der Waals surface area contributed by atoms with Crippen molar-refractivity contribution in [2.75, 3.05) is 11.9 Å². The molecule has 3 heteroatoms. The Hall–Kier alpha value is -1.77. The van der Waals surface area contributed by atoms with Crippen molar-refractivity contribution in [1.29, 1.82) is 0 Å². The summed E-state index contributed by atoms with van der Waals surface area (Å²) in [5.74, 6) is 0.483. The normalized spacial score (nSPS) is 14.4. The van der Waals surface area contributed by atoms with E-state index in [1.807, 2.05) is 12.5 Å². The average molecular weight is 241 g/mol. The van der Waals surface area contributed by atoms with E-state index in [1.54, 1.807) is 0 Å². The van der Waals surface area contributed by atoms with E-state index < -0.39 is 0 Å². The summed E-state index contributed by atoms with van der Waals surface area (Å²) >= 11 is 0. The van der Waals surface area contributed by atoms with Crippen LogP contribution in [0.15, 0.2) is 30.7 Å². The summed E-state index contributed by atoms with van der Waals surface area (Å²) in [6, 6.07) is 6.67. The van der Waals surface area contributed by atoms with Gasteiger partial charge in [-0.1, -0.05) is 19.9 Å². The fraction of sp³-hybridized carbons (Fsp3) is 0.400. The predicted octanol–water partition coefficient (Wildman–Crippen LogP) is 3.35. The van der Waals surface area contributed by atoms with Crippen molar-refractivity contribution in [2.45, 2.75) is 32.6 Å². The van der Waals surface area contributed by atoms with E-state index in [1.165, 1.54) is 35.5 Å². The Morgan fingerprint density at radius 1 is 1.33 bits per heavy atom. The highest BCUT2D eigenvalue weighted by atomic mass is 15.1. The van der Waals surface area contributed by atoms with Crippen molar-refractivity contribution in [3.8, 4) is 5.69 Å². The van der Waals surface area contributed by atoms with Crippen LogP contribution >= 0.6 is 0 Å². The van der Waals surface area contributed by atoms with Crippen LogP contribution in [0.4, 0.5) is 5.69 Å². The summed E-state index contributed by atoms with van der Waals surface area (Å²) < 4.78 is 2.18. The topological polar surface area (TPSA) is 29.9 Å². The molecule has 0 bridgehead atoms. The van der Waals surface area contributed by atoms with Crippen LogP contribution < -0.4 is 5.32 Å². The maximum absolute atomic E-state index is 4.27. The van der Waals surface area contributed by atoms with Gasteiger partial charge in [0.25, 0.3) is 0 Å². The number of imidazole rings is 1. The van der Waals surface area contributed by atoms with Crippen LogP contribution in [0.1, 0.15) is 37.4 Å². The van der Waals surface area contributed by atoms with Gasteiger partial charge in [-0.25, -0.2) is 4.98 Å². The highest BCUT2D eigenvalue weighted by Gasteiger charge is 2.12. The summed E-state index contributed by atoms with van der Waals surface area (Å²) in [5.41, 5.74) is 5.16. The molecule has 1 aromatic carbocycles. The van der Waals surface area contributed by atoms with E-state index in [4.69, 9.17) is 0 Å². The number of aryl methyl sites for hydroxylation is 1. The Bertz CT molecular complexity index is 555. The van der Waals surface area contributed by atoms with Gasteiger partial charge in [0.15, 0.2) is 0 Å². The quantitative estimate of drug-likeness (QED) is 0.873. The summed E-state index contributed by atoms with van der Waals surface area (Å²) in [4.78, 5) is 4.27. The van der Waals surface area contributed by atoms with Gasteiger partial charge in [0.05, 0.1) is 6.33 Å². The number of nitrogens with one attached hydrogen (secondary N) is 1. The molecule has 0 saturated carbocycles. The monoisotopic (exact) mass is 241 g/mol. The van der Waals surface area contributed by atoms with Crippen molar-refractivity contribution in [3.63, 3.8) is 0 Å². The number of rotatable bonds is 2. The lowest BCUT2D eigenvalue weighted by Gasteiger charge is -2.19. The maximum atomic E-state index is 4.27. The van der Waals surface area contributed by atoms with Gasteiger partial charge in [-0.2, -0.15) is 0 Å². The van der Waals surface area contributed by atoms with Gasteiger partial charge >= 0.3 is 0 Å². The standard InChI is InChI=1S/C15H19N3/c1-11(2)15-9-16-10-18(15)13-6-5-12-4-3-7-17-14(12)8-13/h5-6,8-11,17H,3-4,7H2,1-2H3. The van der Waals surface area contributed by atoms with Gasteiger partial charge in [-0.3, -0.25) is 0 Å². The zero-order chi connectivity index (χ0) is 12.5. The first-order valence-corrected chi connectivity index (χ1v) is 6.65. The fourth-order valence-electron chi connectivity index (χ4n) is 2.55. The Morgan fingerprint density at radius 3 is 3.06 bits per heavy atom. The van der Waals surface area contributed by atoms with Gasteiger partial charge in [-0.15, -0.1) is 0 Å². The third-order valence-electron chi connectivity index (χ3n) is 3.57. The van der Waals surface area contributed by atoms with Gasteiger partial charge in [0, 0.05) is 29.8 Å². The number of hydrogen-bond donors (Lipinski definition) is 1. The molecule has 0 spiro atoms. The molecule has 0 amide bonds. The Kier molecular flexibility index (Phi) is 2.82. The van der Waals surface area contributed by atoms with Gasteiger partial charge in [0.1, 0.15) is 0 Å². The average Bonchev–Trinajstić information content (AvgIpc) is 2.87. The first kappa shape index (κ1) is 11.3. The van der Waals surface area contributed by atoms with E-state index in [-0.39, 0.29) is 0 Å². The lowest BCUT2D eigenvalue weighted by atomic mass is 10.0. The first-order valence-electron chi connectivity index (χ1n) is 6.65. The zero-order valence-corrected chi connectivity index (χ0v) is 11.0. The van der Waals surface area contributed by atoms with E-state index in [9.17, 15) is 0 Å². The second kappa shape index (κ2) is 4.48. The van der Waals surface area contributed by atoms with Crippen LogP contribution in [-0.4, -0.2) is 16.1 Å². The number of nitrogens with zero attached hydrogens (tertiary/aromatic N) is 2. The van der Waals surface area contributed by atoms with Crippen LogP contribution in [0.2, 0.25) is 0 Å². The molecular weight excluding hydrogens is 222 g/mol. The van der Waals surface area contributed by atoms with Crippen LogP contribution in [-0.2, 0) is 6.42 Å². The number of anilines is 1. The molecule has 1 aliphatic heterocycles. The van der Waals surface area contributed by atoms with Crippen molar-refractivity contribution >= 4 is 5.69 Å². The lowest BCUT2D eigenvalue weighted by molar-refractivity contribution is 0.785. The molecule has 3 nitrogen and oxygen atoms in total. The largest absolute Gasteiger partial charge is 0.385 e. The smallest absolute Gasteiger partial charge is 0.0994 e. The van der Waals surface area contributed by atoms with Gasteiger partial charge in [-0.05, 0) is 36.5 Å². The number of aromatic nitrogens is 2. The second-order valence-corrected chi connectivity index (χ2v) is 5.21. The molecule has 0 radical (unpaired) electrons. The number of benzene rings is 1. The van der Waals surface area contributed by atoms with Crippen LogP contribution in [0.25, 0.3) is 5.69 Å². The zero-order valence-electron chi connectivity index (χ0n) is 11.0. The second-order valence-electron chi connectivity index (χ2n) is 5.21. The third kappa shape index (κ3) is 1.90. The molecule has 3 rings (SSSR count). The van der Waals surface area contributed by atoms with Gasteiger partial charge < -0.3 is 9.88 Å². The molecule has 1 N–H and O–H groups in total. The maximum Gasteiger partial charge on any atom is 0.0994 e. The number of hydrogen-bond acceptors (Lipinski definition) is 2. The van der Waals surface area contributed by atoms with Gasteiger partial charge in [0.2, 0.25) is 0 Å². The summed E-state index contributed by atoms with van der Waals surface area (Å²) in [6.07, 6.45) is 6.27. The molecule has 2 aromatic rings. The minimum Gasteiger partial charge on any atom is -0.385 e. The molecule has 1 aromatic heterocycles. The Balaban J connectivity index is 2.04. The van der Waals surface area contributed by atoms with E-state index in [0.717, 1.165) is 6.54 Å². The fourth-order valence-corrected chi connectivity index (χ4v) is 2.55. The minimum absolute atomic E-state index is 0.483. The third-order valence-corrected chi connectivity index (χ3v) is 3.57. The Morgan fingerprint density at radius 2 is 2.22 bits per heavy atom. The summed E-state index contributed by atoms with van der Waals surface area (Å²) in [5, 5.41) is 3.48. The molecule has 0 fully saturated rings. The van der Waals surface area contributed by atoms with Crippen molar-refractivity contribution in [3.05, 3.63) is 42.0 Å². The molecule has 2 heterocycles. The van der Waals surface area contributed by atoms with Crippen LogP contribution in [0.3, 0.4) is 0 Å².